The summed E-state index contributed by atoms with van der Waals surface area (Å²) in [7, 11) is 0. The number of nitrogens with one attached hydrogen (secondary N) is 1. The van der Waals surface area contributed by atoms with Crippen LogP contribution in [0.4, 0.5) is 10.5 Å². The summed E-state index contributed by atoms with van der Waals surface area (Å²) in [5.41, 5.74) is 0.824. The Hall–Kier alpha value is -2.55. The minimum Gasteiger partial charge on any atom is -0.481 e. The molecule has 0 aromatic heterocycles. The molecule has 0 spiro atoms. The molecule has 1 aromatic rings. The molecule has 1 heterocycles. The van der Waals surface area contributed by atoms with E-state index in [1.807, 2.05) is 6.07 Å². The molecule has 1 aliphatic heterocycles. The van der Waals surface area contributed by atoms with Crippen molar-refractivity contribution in [3.8, 4) is 6.07 Å². The first-order valence-corrected chi connectivity index (χ1v) is 6.39. The van der Waals surface area contributed by atoms with Gasteiger partial charge in [0, 0.05) is 13.1 Å². The highest BCUT2D eigenvalue weighted by Crippen LogP contribution is 2.19. The third-order valence-corrected chi connectivity index (χ3v) is 3.35. The molecule has 2 rings (SSSR count). The Morgan fingerprint density at radius 3 is 2.85 bits per heavy atom. The van der Waals surface area contributed by atoms with E-state index in [1.165, 1.54) is 4.90 Å². The number of nitriles is 1. The van der Waals surface area contributed by atoms with Gasteiger partial charge in [0.05, 0.1) is 17.2 Å². The van der Waals surface area contributed by atoms with Gasteiger partial charge < -0.3 is 15.3 Å². The molecule has 0 radical (unpaired) electrons. The number of anilines is 1. The van der Waals surface area contributed by atoms with E-state index in [4.69, 9.17) is 10.4 Å². The Morgan fingerprint density at radius 2 is 2.15 bits per heavy atom. The van der Waals surface area contributed by atoms with E-state index in [0.717, 1.165) is 0 Å². The van der Waals surface area contributed by atoms with Crippen molar-refractivity contribution in [2.75, 3.05) is 18.4 Å². The number of carbonyl (C=O) groups excluding carboxylic acids is 1. The number of amides is 2. The molecule has 104 valence electrons. The van der Waals surface area contributed by atoms with E-state index >= 15 is 0 Å². The third kappa shape index (κ3) is 3.06. The van der Waals surface area contributed by atoms with E-state index in [9.17, 15) is 9.59 Å². The van der Waals surface area contributed by atoms with Crippen LogP contribution < -0.4 is 5.32 Å². The zero-order valence-electron chi connectivity index (χ0n) is 10.9. The Labute approximate surface area is 116 Å². The lowest BCUT2D eigenvalue weighted by Crippen LogP contribution is -2.44. The van der Waals surface area contributed by atoms with Gasteiger partial charge >= 0.3 is 12.0 Å². The zero-order chi connectivity index (χ0) is 14.5. The number of para-hydroxylation sites is 1. The summed E-state index contributed by atoms with van der Waals surface area (Å²) in [6.45, 7) is 0.736. The van der Waals surface area contributed by atoms with Crippen LogP contribution in [0.25, 0.3) is 0 Å². The standard InChI is InChI=1S/C14H15N3O3/c15-8-10-4-1-2-6-12(10)16-14(20)17-7-3-5-11(9-17)13(18)19/h1-2,4,6,11H,3,5,7,9H2,(H,16,20)(H,18,19). The average Bonchev–Trinajstić information content (AvgIpc) is 2.48. The van der Waals surface area contributed by atoms with Crippen LogP contribution in [-0.2, 0) is 4.79 Å². The number of piperidine rings is 1. The van der Waals surface area contributed by atoms with E-state index in [2.05, 4.69) is 5.32 Å². The molecular weight excluding hydrogens is 258 g/mol. The number of nitrogens with zero attached hydrogens (tertiary/aromatic N) is 2. The van der Waals surface area contributed by atoms with Crippen LogP contribution in [0.1, 0.15) is 18.4 Å². The summed E-state index contributed by atoms with van der Waals surface area (Å²) in [6, 6.07) is 8.35. The minimum absolute atomic E-state index is 0.204. The van der Waals surface area contributed by atoms with Gasteiger partial charge in [0.25, 0.3) is 0 Å². The number of aliphatic carboxylic acids is 1. The van der Waals surface area contributed by atoms with Crippen molar-refractivity contribution < 1.29 is 14.7 Å². The summed E-state index contributed by atoms with van der Waals surface area (Å²) < 4.78 is 0. The number of rotatable bonds is 2. The molecular formula is C14H15N3O3. The van der Waals surface area contributed by atoms with Gasteiger partial charge in [-0.05, 0) is 25.0 Å². The number of likely N-dealkylation sites (tertiary alicyclic amines) is 1. The highest BCUT2D eigenvalue weighted by atomic mass is 16.4. The molecule has 1 atom stereocenters. The second-order valence-corrected chi connectivity index (χ2v) is 4.71. The quantitative estimate of drug-likeness (QED) is 0.860. The van der Waals surface area contributed by atoms with Crippen LogP contribution >= 0.6 is 0 Å². The summed E-state index contributed by atoms with van der Waals surface area (Å²) in [4.78, 5) is 24.6. The van der Waals surface area contributed by atoms with Crippen molar-refractivity contribution in [2.45, 2.75) is 12.8 Å². The van der Waals surface area contributed by atoms with E-state index < -0.39 is 11.9 Å². The van der Waals surface area contributed by atoms with Crippen molar-refractivity contribution in [1.82, 2.24) is 4.90 Å². The number of urea groups is 1. The van der Waals surface area contributed by atoms with Gasteiger partial charge in [0.2, 0.25) is 0 Å². The van der Waals surface area contributed by atoms with Crippen LogP contribution in [0.3, 0.4) is 0 Å². The number of carboxylic acid groups (broad SMARTS) is 1. The van der Waals surface area contributed by atoms with Gasteiger partial charge in [0.15, 0.2) is 0 Å². The first kappa shape index (κ1) is 13.9. The van der Waals surface area contributed by atoms with Gasteiger partial charge in [-0.15, -0.1) is 0 Å². The van der Waals surface area contributed by atoms with E-state index in [0.29, 0.717) is 30.6 Å². The fourth-order valence-electron chi connectivity index (χ4n) is 2.25. The Morgan fingerprint density at radius 1 is 1.40 bits per heavy atom. The fourth-order valence-corrected chi connectivity index (χ4v) is 2.25. The van der Waals surface area contributed by atoms with Gasteiger partial charge in [-0.2, -0.15) is 5.26 Å². The molecule has 6 nitrogen and oxygen atoms in total. The Kier molecular flexibility index (Phi) is 4.20. The van der Waals surface area contributed by atoms with Gasteiger partial charge in [-0.3, -0.25) is 4.79 Å². The van der Waals surface area contributed by atoms with E-state index in [-0.39, 0.29) is 12.6 Å². The molecule has 1 fully saturated rings. The average molecular weight is 273 g/mol. The molecule has 2 N–H and O–H groups in total. The van der Waals surface area contributed by atoms with Crippen molar-refractivity contribution in [1.29, 1.82) is 5.26 Å². The number of hydrogen-bond donors (Lipinski definition) is 2. The number of carbonyl (C=O) groups is 2. The van der Waals surface area contributed by atoms with Crippen LogP contribution in [0.15, 0.2) is 24.3 Å². The highest BCUT2D eigenvalue weighted by molar-refractivity contribution is 5.91. The van der Waals surface area contributed by atoms with Crippen LogP contribution in [-0.4, -0.2) is 35.1 Å². The zero-order valence-corrected chi connectivity index (χ0v) is 10.9. The maximum atomic E-state index is 12.1. The maximum Gasteiger partial charge on any atom is 0.321 e. The van der Waals surface area contributed by atoms with Crippen molar-refractivity contribution in [3.05, 3.63) is 29.8 Å². The summed E-state index contributed by atoms with van der Waals surface area (Å²) >= 11 is 0. The van der Waals surface area contributed by atoms with Crippen LogP contribution in [0, 0.1) is 17.2 Å². The summed E-state index contributed by atoms with van der Waals surface area (Å²) in [5, 5.41) is 20.6. The normalized spacial score (nSPS) is 18.1. The van der Waals surface area contributed by atoms with Gasteiger partial charge in [-0.1, -0.05) is 12.1 Å². The summed E-state index contributed by atoms with van der Waals surface area (Å²) in [5.74, 6) is -1.39. The molecule has 2 amide bonds. The van der Waals surface area contributed by atoms with Crippen LogP contribution in [0.2, 0.25) is 0 Å². The number of benzene rings is 1. The molecule has 0 bridgehead atoms. The lowest BCUT2D eigenvalue weighted by atomic mass is 9.99. The smallest absolute Gasteiger partial charge is 0.321 e. The second kappa shape index (κ2) is 6.06. The molecule has 1 saturated heterocycles. The van der Waals surface area contributed by atoms with Crippen molar-refractivity contribution >= 4 is 17.7 Å². The monoisotopic (exact) mass is 273 g/mol. The molecule has 1 aromatic carbocycles. The van der Waals surface area contributed by atoms with Crippen LogP contribution in [0.5, 0.6) is 0 Å². The minimum atomic E-state index is -0.875. The topological polar surface area (TPSA) is 93.4 Å². The predicted octanol–water partition coefficient (Wildman–Crippen LogP) is 1.89. The highest BCUT2D eigenvalue weighted by Gasteiger charge is 2.28. The second-order valence-electron chi connectivity index (χ2n) is 4.71. The lowest BCUT2D eigenvalue weighted by Gasteiger charge is -2.30. The third-order valence-electron chi connectivity index (χ3n) is 3.35. The largest absolute Gasteiger partial charge is 0.481 e. The molecule has 1 aliphatic rings. The molecule has 1 unspecified atom stereocenters. The number of hydrogen-bond acceptors (Lipinski definition) is 3. The summed E-state index contributed by atoms with van der Waals surface area (Å²) in [6.07, 6.45) is 1.26. The molecule has 0 saturated carbocycles. The Balaban J connectivity index is 2.05. The van der Waals surface area contributed by atoms with Crippen molar-refractivity contribution in [3.63, 3.8) is 0 Å². The first-order valence-electron chi connectivity index (χ1n) is 6.39. The Bertz CT molecular complexity index is 565. The number of carboxylic acids is 1. The van der Waals surface area contributed by atoms with Gasteiger partial charge in [0.1, 0.15) is 6.07 Å². The van der Waals surface area contributed by atoms with Gasteiger partial charge in [-0.25, -0.2) is 4.79 Å². The SMILES string of the molecule is N#Cc1ccccc1NC(=O)N1CCCC(C(=O)O)C1. The first-order chi connectivity index (χ1) is 9.61. The predicted molar refractivity (Wildman–Crippen MR) is 72.1 cm³/mol. The molecule has 20 heavy (non-hydrogen) atoms. The molecule has 0 aliphatic carbocycles. The fraction of sp³-hybridized carbons (Fsp3) is 0.357. The lowest BCUT2D eigenvalue weighted by molar-refractivity contribution is -0.143. The van der Waals surface area contributed by atoms with E-state index in [1.54, 1.807) is 24.3 Å². The maximum absolute atomic E-state index is 12.1. The van der Waals surface area contributed by atoms with Crippen molar-refractivity contribution in [2.24, 2.45) is 5.92 Å². The molecule has 6 heteroatoms.